The fourth-order valence-corrected chi connectivity index (χ4v) is 4.65. The molecule has 2 aromatic carbocycles. The number of carbonyl (C=O) groups is 3. The molecule has 2 aliphatic rings. The average molecular weight is 467 g/mol. The third-order valence-corrected chi connectivity index (χ3v) is 6.53. The Hall–Kier alpha value is -3.39. The van der Waals surface area contributed by atoms with E-state index in [4.69, 9.17) is 9.47 Å². The van der Waals surface area contributed by atoms with Crippen LogP contribution in [0.25, 0.3) is 11.1 Å². The van der Waals surface area contributed by atoms with Crippen LogP contribution in [0, 0.1) is 5.41 Å². The number of aliphatic carboxylic acids is 1. The lowest BCUT2D eigenvalue weighted by molar-refractivity contribution is -0.146. The normalized spacial score (nSPS) is 20.2. The molecule has 2 aromatic rings. The minimum Gasteiger partial charge on any atom is -0.480 e. The van der Waals surface area contributed by atoms with Crippen LogP contribution < -0.4 is 10.6 Å². The minimum absolute atomic E-state index is 0.0560. The first kappa shape index (κ1) is 23.8. The summed E-state index contributed by atoms with van der Waals surface area (Å²) >= 11 is 0. The van der Waals surface area contributed by atoms with Gasteiger partial charge < -0.3 is 25.2 Å². The van der Waals surface area contributed by atoms with Gasteiger partial charge >= 0.3 is 12.1 Å². The molecular weight excluding hydrogens is 436 g/mol. The summed E-state index contributed by atoms with van der Waals surface area (Å²) in [4.78, 5) is 37.7. The molecule has 0 saturated carbocycles. The quantitative estimate of drug-likeness (QED) is 0.602. The summed E-state index contributed by atoms with van der Waals surface area (Å²) in [7, 11) is 0. The Morgan fingerprint density at radius 1 is 1.09 bits per heavy atom. The summed E-state index contributed by atoms with van der Waals surface area (Å²) in [6.07, 6.45) is -0.523. The highest BCUT2D eigenvalue weighted by Gasteiger charge is 2.47. The van der Waals surface area contributed by atoms with E-state index in [1.54, 1.807) is 20.8 Å². The van der Waals surface area contributed by atoms with Crippen LogP contribution >= 0.6 is 0 Å². The van der Waals surface area contributed by atoms with Gasteiger partial charge in [-0.25, -0.2) is 9.59 Å². The van der Waals surface area contributed by atoms with Crippen molar-refractivity contribution in [2.24, 2.45) is 5.41 Å². The topological polar surface area (TPSA) is 114 Å². The number of carboxylic acid groups (broad SMARTS) is 1. The van der Waals surface area contributed by atoms with Crippen LogP contribution in [0.15, 0.2) is 48.5 Å². The molecule has 1 saturated heterocycles. The molecule has 1 aliphatic carbocycles. The molecule has 8 heteroatoms. The largest absolute Gasteiger partial charge is 0.480 e. The van der Waals surface area contributed by atoms with Gasteiger partial charge in [-0.2, -0.15) is 0 Å². The zero-order valence-corrected chi connectivity index (χ0v) is 19.6. The zero-order valence-electron chi connectivity index (χ0n) is 19.6. The third kappa shape index (κ3) is 4.50. The van der Waals surface area contributed by atoms with Crippen molar-refractivity contribution in [3.8, 4) is 11.1 Å². The van der Waals surface area contributed by atoms with Crippen molar-refractivity contribution in [1.82, 2.24) is 10.6 Å². The zero-order chi connectivity index (χ0) is 24.5. The van der Waals surface area contributed by atoms with E-state index >= 15 is 0 Å². The van der Waals surface area contributed by atoms with Gasteiger partial charge in [0.2, 0.25) is 5.91 Å². The van der Waals surface area contributed by atoms with Gasteiger partial charge in [0.05, 0.1) is 6.61 Å². The number of nitrogens with one attached hydrogen (secondary N) is 2. The molecule has 1 heterocycles. The molecule has 180 valence electrons. The van der Waals surface area contributed by atoms with Crippen LogP contribution in [0.1, 0.15) is 44.2 Å². The fraction of sp³-hybridized carbons (Fsp3) is 0.423. The van der Waals surface area contributed by atoms with E-state index in [0.717, 1.165) is 22.3 Å². The number of benzene rings is 2. The maximum Gasteiger partial charge on any atom is 0.408 e. The second kappa shape index (κ2) is 9.10. The van der Waals surface area contributed by atoms with Crippen LogP contribution in [-0.4, -0.2) is 54.5 Å². The number of fused-ring (bicyclic) bond motifs is 3. The highest BCUT2D eigenvalue weighted by atomic mass is 16.6. The van der Waals surface area contributed by atoms with E-state index < -0.39 is 35.0 Å². The standard InChI is InChI=1S/C26H30N2O6/c1-25(2,3)21(22(29)30)27-23(31)26(12-13-33-15-26)28-24(32)34-14-20-18-10-6-4-8-16(18)17-9-5-7-11-19(17)20/h4-11,20-21H,12-15H2,1-3H3,(H,27,31)(H,28,32)(H,29,30). The molecule has 0 radical (unpaired) electrons. The predicted octanol–water partition coefficient (Wildman–Crippen LogP) is 3.30. The van der Waals surface area contributed by atoms with E-state index in [9.17, 15) is 19.5 Å². The van der Waals surface area contributed by atoms with Gasteiger partial charge in [0, 0.05) is 18.9 Å². The summed E-state index contributed by atoms with van der Waals surface area (Å²) < 4.78 is 11.0. The summed E-state index contributed by atoms with van der Waals surface area (Å²) in [6, 6.07) is 14.9. The Kier molecular flexibility index (Phi) is 6.36. The van der Waals surface area contributed by atoms with Gasteiger partial charge in [0.1, 0.15) is 18.2 Å². The van der Waals surface area contributed by atoms with Gasteiger partial charge in [-0.15, -0.1) is 0 Å². The molecule has 8 nitrogen and oxygen atoms in total. The van der Waals surface area contributed by atoms with Gasteiger partial charge in [0.25, 0.3) is 0 Å². The van der Waals surface area contributed by atoms with Gasteiger partial charge in [-0.3, -0.25) is 4.79 Å². The van der Waals surface area contributed by atoms with Crippen molar-refractivity contribution in [1.29, 1.82) is 0 Å². The van der Waals surface area contributed by atoms with Crippen molar-refractivity contribution in [3.63, 3.8) is 0 Å². The fourth-order valence-electron chi connectivity index (χ4n) is 4.65. The molecule has 0 bridgehead atoms. The number of hydrogen-bond acceptors (Lipinski definition) is 5. The summed E-state index contributed by atoms with van der Waals surface area (Å²) in [5.41, 5.74) is 2.31. The van der Waals surface area contributed by atoms with Crippen LogP contribution in [0.5, 0.6) is 0 Å². The van der Waals surface area contributed by atoms with Crippen molar-refractivity contribution in [3.05, 3.63) is 59.7 Å². The smallest absolute Gasteiger partial charge is 0.408 e. The molecule has 34 heavy (non-hydrogen) atoms. The lowest BCUT2D eigenvalue weighted by Gasteiger charge is -2.33. The SMILES string of the molecule is CC(C)(C)C(NC(=O)C1(NC(=O)OCC2c3ccccc3-c3ccccc32)CCOC1)C(=O)O. The molecule has 0 spiro atoms. The molecule has 2 atom stereocenters. The van der Waals surface area contributed by atoms with Crippen LogP contribution in [-0.2, 0) is 19.1 Å². The third-order valence-electron chi connectivity index (χ3n) is 6.53. The maximum atomic E-state index is 13.1. The monoisotopic (exact) mass is 466 g/mol. The summed E-state index contributed by atoms with van der Waals surface area (Å²) in [5.74, 6) is -1.85. The Labute approximate surface area is 198 Å². The molecule has 2 amide bonds. The lowest BCUT2D eigenvalue weighted by Crippen LogP contribution is -2.63. The number of hydrogen-bond donors (Lipinski definition) is 3. The Morgan fingerprint density at radius 2 is 1.68 bits per heavy atom. The number of amides is 2. The molecule has 4 rings (SSSR count). The van der Waals surface area contributed by atoms with Crippen molar-refractivity contribution >= 4 is 18.0 Å². The molecule has 1 aliphatic heterocycles. The van der Waals surface area contributed by atoms with Crippen molar-refractivity contribution in [2.75, 3.05) is 19.8 Å². The second-order valence-corrected chi connectivity index (χ2v) is 9.95. The van der Waals surface area contributed by atoms with E-state index in [1.807, 2.05) is 36.4 Å². The highest BCUT2D eigenvalue weighted by molar-refractivity contribution is 5.93. The predicted molar refractivity (Wildman–Crippen MR) is 125 cm³/mol. The molecule has 1 fully saturated rings. The van der Waals surface area contributed by atoms with Gasteiger partial charge in [-0.1, -0.05) is 69.3 Å². The summed E-state index contributed by atoms with van der Waals surface area (Å²) in [5, 5.41) is 14.8. The first-order valence-corrected chi connectivity index (χ1v) is 11.4. The number of carbonyl (C=O) groups excluding carboxylic acids is 2. The molecule has 2 unspecified atom stereocenters. The number of alkyl carbamates (subject to hydrolysis) is 1. The van der Waals surface area contributed by atoms with Crippen molar-refractivity contribution < 1.29 is 29.0 Å². The first-order chi connectivity index (χ1) is 16.1. The van der Waals surface area contributed by atoms with Crippen LogP contribution in [0.4, 0.5) is 4.79 Å². The molecule has 0 aromatic heterocycles. The van der Waals surface area contributed by atoms with E-state index in [2.05, 4.69) is 22.8 Å². The highest BCUT2D eigenvalue weighted by Crippen LogP contribution is 2.44. The molecular formula is C26H30N2O6. The Bertz CT molecular complexity index is 1050. The Morgan fingerprint density at radius 3 is 2.18 bits per heavy atom. The number of ether oxygens (including phenoxy) is 2. The van der Waals surface area contributed by atoms with Gasteiger partial charge in [-0.05, 0) is 27.7 Å². The first-order valence-electron chi connectivity index (χ1n) is 11.4. The maximum absolute atomic E-state index is 13.1. The van der Waals surface area contributed by atoms with Crippen LogP contribution in [0.3, 0.4) is 0 Å². The minimum atomic E-state index is -1.39. The van der Waals surface area contributed by atoms with Crippen molar-refractivity contribution in [2.45, 2.75) is 44.7 Å². The molecule has 3 N–H and O–H groups in total. The average Bonchev–Trinajstić information content (AvgIpc) is 3.38. The number of carboxylic acids is 1. The van der Waals surface area contributed by atoms with Crippen LogP contribution in [0.2, 0.25) is 0 Å². The van der Waals surface area contributed by atoms with E-state index in [1.165, 1.54) is 0 Å². The second-order valence-electron chi connectivity index (χ2n) is 9.95. The Balaban J connectivity index is 1.46. The van der Waals surface area contributed by atoms with Gasteiger partial charge in [0.15, 0.2) is 0 Å². The van der Waals surface area contributed by atoms with E-state index in [0.29, 0.717) is 0 Å². The number of rotatable bonds is 6. The van der Waals surface area contributed by atoms with E-state index in [-0.39, 0.29) is 32.2 Å². The summed E-state index contributed by atoms with van der Waals surface area (Å²) in [6.45, 7) is 5.50. The lowest BCUT2D eigenvalue weighted by atomic mass is 9.85.